The van der Waals surface area contributed by atoms with Crippen LogP contribution in [0, 0.1) is 12.3 Å². The Hall–Kier alpha value is -1.32. The summed E-state index contributed by atoms with van der Waals surface area (Å²) in [6, 6.07) is 0. The largest absolute Gasteiger partial charge is 0.347 e. The molecule has 0 radical (unpaired) electrons. The lowest BCUT2D eigenvalue weighted by molar-refractivity contribution is 0.0890. The summed E-state index contributed by atoms with van der Waals surface area (Å²) in [6.07, 6.45) is 2.54. The molecule has 0 atom stereocenters. The van der Waals surface area contributed by atoms with Gasteiger partial charge in [0.25, 0.3) is 5.91 Å². The lowest BCUT2D eigenvalue weighted by Crippen LogP contribution is -2.45. The minimum Gasteiger partial charge on any atom is -0.347 e. The molecular weight excluding hydrogens is 226 g/mol. The van der Waals surface area contributed by atoms with Gasteiger partial charge in [-0.15, -0.1) is 0 Å². The third-order valence-corrected chi connectivity index (χ3v) is 2.90. The lowest BCUT2D eigenvalue weighted by atomic mass is 9.81. The molecule has 0 bridgehead atoms. The van der Waals surface area contributed by atoms with Gasteiger partial charge in [0.1, 0.15) is 0 Å². The summed E-state index contributed by atoms with van der Waals surface area (Å²) in [6.45, 7) is 12.5. The highest BCUT2D eigenvalue weighted by Gasteiger charge is 2.28. The molecule has 1 heterocycles. The summed E-state index contributed by atoms with van der Waals surface area (Å²) in [4.78, 5) is 12.2. The molecule has 18 heavy (non-hydrogen) atoms. The zero-order valence-electron chi connectivity index (χ0n) is 12.6. The molecule has 0 aromatic carbocycles. The number of carbonyl (C=O) groups is 1. The first-order chi connectivity index (χ1) is 8.02. The molecule has 0 unspecified atom stereocenters. The minimum atomic E-state index is -0.225. The average Bonchev–Trinajstić information content (AvgIpc) is 2.42. The molecule has 0 saturated carbocycles. The van der Waals surface area contributed by atoms with Crippen molar-refractivity contribution in [3.63, 3.8) is 0 Å². The summed E-state index contributed by atoms with van der Waals surface area (Å²) in [5.41, 5.74) is 1.50. The molecule has 0 fully saturated rings. The van der Waals surface area contributed by atoms with Crippen molar-refractivity contribution in [3.8, 4) is 0 Å². The zero-order chi connectivity index (χ0) is 14.1. The fourth-order valence-corrected chi connectivity index (χ4v) is 2.47. The standard InChI is InChI=1S/C14H25N3O/c1-10-11(8-15-17(10)7)12(18)16-14(5,6)9-13(2,3)4/h8H,9H2,1-7H3,(H,16,18). The van der Waals surface area contributed by atoms with E-state index in [1.54, 1.807) is 10.9 Å². The van der Waals surface area contributed by atoms with Gasteiger partial charge in [-0.3, -0.25) is 9.48 Å². The Bertz CT molecular complexity index is 438. The molecule has 0 aliphatic rings. The highest BCUT2D eigenvalue weighted by atomic mass is 16.1. The Labute approximate surface area is 110 Å². The monoisotopic (exact) mass is 251 g/mol. The second kappa shape index (κ2) is 4.75. The molecule has 0 saturated heterocycles. The number of carbonyl (C=O) groups excluding carboxylic acids is 1. The predicted molar refractivity (Wildman–Crippen MR) is 73.6 cm³/mol. The number of hydrogen-bond donors (Lipinski definition) is 1. The lowest BCUT2D eigenvalue weighted by Gasteiger charge is -2.33. The van der Waals surface area contributed by atoms with E-state index in [1.165, 1.54) is 0 Å². The first kappa shape index (κ1) is 14.7. The van der Waals surface area contributed by atoms with Crippen molar-refractivity contribution in [1.82, 2.24) is 15.1 Å². The van der Waals surface area contributed by atoms with E-state index in [9.17, 15) is 4.79 Å². The second-order valence-corrected chi connectivity index (χ2v) is 6.84. The fourth-order valence-electron chi connectivity index (χ4n) is 2.47. The van der Waals surface area contributed by atoms with Gasteiger partial charge in [0.2, 0.25) is 0 Å². The number of hydrogen-bond acceptors (Lipinski definition) is 2. The van der Waals surface area contributed by atoms with E-state index < -0.39 is 0 Å². The van der Waals surface area contributed by atoms with Crippen LogP contribution in [0.1, 0.15) is 57.1 Å². The molecular formula is C14H25N3O. The molecule has 1 aromatic rings. The Kier molecular flexibility index (Phi) is 3.89. The molecule has 1 rings (SSSR count). The van der Waals surface area contributed by atoms with Crippen molar-refractivity contribution in [2.24, 2.45) is 12.5 Å². The number of nitrogens with zero attached hydrogens (tertiary/aromatic N) is 2. The number of nitrogens with one attached hydrogen (secondary N) is 1. The molecule has 102 valence electrons. The zero-order valence-corrected chi connectivity index (χ0v) is 12.6. The highest BCUT2D eigenvalue weighted by molar-refractivity contribution is 5.95. The topological polar surface area (TPSA) is 46.9 Å². The van der Waals surface area contributed by atoms with E-state index in [0.717, 1.165) is 12.1 Å². The van der Waals surface area contributed by atoms with Crippen LogP contribution in [0.25, 0.3) is 0 Å². The number of amides is 1. The van der Waals surface area contributed by atoms with E-state index in [0.29, 0.717) is 5.56 Å². The van der Waals surface area contributed by atoms with Gasteiger partial charge in [0.05, 0.1) is 11.8 Å². The maximum Gasteiger partial charge on any atom is 0.255 e. The average molecular weight is 251 g/mol. The summed E-state index contributed by atoms with van der Waals surface area (Å²) in [5, 5.41) is 7.19. The molecule has 1 N–H and O–H groups in total. The van der Waals surface area contributed by atoms with E-state index in [1.807, 2.05) is 14.0 Å². The quantitative estimate of drug-likeness (QED) is 0.897. The molecule has 1 amide bonds. The van der Waals surface area contributed by atoms with Gasteiger partial charge in [-0.1, -0.05) is 20.8 Å². The Balaban J connectivity index is 2.79. The molecule has 1 aromatic heterocycles. The smallest absolute Gasteiger partial charge is 0.255 e. The molecule has 4 heteroatoms. The van der Waals surface area contributed by atoms with Crippen LogP contribution in [-0.4, -0.2) is 21.2 Å². The number of rotatable bonds is 3. The van der Waals surface area contributed by atoms with Crippen LogP contribution in [0.3, 0.4) is 0 Å². The Morgan fingerprint density at radius 2 is 1.89 bits per heavy atom. The van der Waals surface area contributed by atoms with Gasteiger partial charge >= 0.3 is 0 Å². The van der Waals surface area contributed by atoms with Crippen LogP contribution in [0.15, 0.2) is 6.20 Å². The predicted octanol–water partition coefficient (Wildman–Crippen LogP) is 2.67. The number of aromatic nitrogens is 2. The third-order valence-electron chi connectivity index (χ3n) is 2.90. The van der Waals surface area contributed by atoms with Gasteiger partial charge in [-0.2, -0.15) is 5.10 Å². The first-order valence-electron chi connectivity index (χ1n) is 6.33. The van der Waals surface area contributed by atoms with Crippen LogP contribution in [-0.2, 0) is 7.05 Å². The molecule has 0 spiro atoms. The van der Waals surface area contributed by atoms with Crippen molar-refractivity contribution in [2.45, 2.75) is 53.5 Å². The molecule has 0 aliphatic heterocycles. The van der Waals surface area contributed by atoms with E-state index >= 15 is 0 Å². The SMILES string of the molecule is Cc1c(C(=O)NC(C)(C)CC(C)(C)C)cnn1C. The first-order valence-corrected chi connectivity index (χ1v) is 6.33. The van der Waals surface area contributed by atoms with E-state index in [-0.39, 0.29) is 16.9 Å². The van der Waals surface area contributed by atoms with Crippen molar-refractivity contribution in [3.05, 3.63) is 17.5 Å². The highest BCUT2D eigenvalue weighted by Crippen LogP contribution is 2.27. The number of aryl methyl sites for hydroxylation is 1. The van der Waals surface area contributed by atoms with Crippen LogP contribution >= 0.6 is 0 Å². The van der Waals surface area contributed by atoms with Crippen LogP contribution in [0.4, 0.5) is 0 Å². The Morgan fingerprint density at radius 1 is 1.33 bits per heavy atom. The van der Waals surface area contributed by atoms with Crippen molar-refractivity contribution < 1.29 is 4.79 Å². The molecule has 0 aliphatic carbocycles. The minimum absolute atomic E-state index is 0.0464. The van der Waals surface area contributed by atoms with Crippen LogP contribution < -0.4 is 5.32 Å². The van der Waals surface area contributed by atoms with Crippen LogP contribution in [0.5, 0.6) is 0 Å². The maximum atomic E-state index is 12.2. The second-order valence-electron chi connectivity index (χ2n) is 6.84. The summed E-state index contributed by atoms with van der Waals surface area (Å²) < 4.78 is 1.71. The van der Waals surface area contributed by atoms with Gasteiger partial charge in [0, 0.05) is 18.3 Å². The van der Waals surface area contributed by atoms with E-state index in [4.69, 9.17) is 0 Å². The summed E-state index contributed by atoms with van der Waals surface area (Å²) in [7, 11) is 1.84. The van der Waals surface area contributed by atoms with Gasteiger partial charge in [-0.05, 0) is 32.6 Å². The summed E-state index contributed by atoms with van der Waals surface area (Å²) in [5.74, 6) is -0.0464. The maximum absolute atomic E-state index is 12.2. The van der Waals surface area contributed by atoms with Crippen LogP contribution in [0.2, 0.25) is 0 Å². The fraction of sp³-hybridized carbons (Fsp3) is 0.714. The van der Waals surface area contributed by atoms with Gasteiger partial charge in [-0.25, -0.2) is 0 Å². The van der Waals surface area contributed by atoms with Crippen molar-refractivity contribution >= 4 is 5.91 Å². The normalized spacial score (nSPS) is 12.6. The van der Waals surface area contributed by atoms with Crippen molar-refractivity contribution in [2.75, 3.05) is 0 Å². The van der Waals surface area contributed by atoms with Crippen molar-refractivity contribution in [1.29, 1.82) is 0 Å². The Morgan fingerprint density at radius 3 is 2.28 bits per heavy atom. The molecule has 4 nitrogen and oxygen atoms in total. The summed E-state index contributed by atoms with van der Waals surface area (Å²) >= 11 is 0. The van der Waals surface area contributed by atoms with E-state index in [2.05, 4.69) is 45.0 Å². The van der Waals surface area contributed by atoms with Gasteiger partial charge < -0.3 is 5.32 Å². The third kappa shape index (κ3) is 3.86. The van der Waals surface area contributed by atoms with Gasteiger partial charge in [0.15, 0.2) is 0 Å².